The van der Waals surface area contributed by atoms with Crippen LogP contribution in [-0.4, -0.2) is 18.3 Å². The van der Waals surface area contributed by atoms with Gasteiger partial charge in [-0.1, -0.05) is 31.5 Å². The molecule has 0 fully saturated rings. The molecule has 1 N–H and O–H groups in total. The van der Waals surface area contributed by atoms with Crippen molar-refractivity contribution in [1.82, 2.24) is 5.32 Å². The third-order valence-electron chi connectivity index (χ3n) is 3.36. The van der Waals surface area contributed by atoms with E-state index in [0.29, 0.717) is 6.04 Å². The van der Waals surface area contributed by atoms with Gasteiger partial charge in [-0.15, -0.1) is 11.8 Å². The van der Waals surface area contributed by atoms with E-state index in [1.165, 1.54) is 28.9 Å². The van der Waals surface area contributed by atoms with E-state index in [-0.39, 0.29) is 0 Å². The summed E-state index contributed by atoms with van der Waals surface area (Å²) in [6.07, 6.45) is 2.60. The highest BCUT2D eigenvalue weighted by Gasteiger charge is 2.03. The first kappa shape index (κ1) is 16.6. The van der Waals surface area contributed by atoms with Crippen LogP contribution in [0.15, 0.2) is 23.1 Å². The molecule has 0 amide bonds. The van der Waals surface area contributed by atoms with Crippen LogP contribution in [-0.2, 0) is 0 Å². The third kappa shape index (κ3) is 7.03. The van der Waals surface area contributed by atoms with Crippen LogP contribution in [0.3, 0.4) is 0 Å². The average Bonchev–Trinajstić information content (AvgIpc) is 2.34. The van der Waals surface area contributed by atoms with Crippen LogP contribution in [0.5, 0.6) is 0 Å². The molecule has 0 aliphatic carbocycles. The monoisotopic (exact) mass is 279 g/mol. The molecule has 0 saturated carbocycles. The molecule has 0 saturated heterocycles. The quantitative estimate of drug-likeness (QED) is 0.541. The lowest BCUT2D eigenvalue weighted by molar-refractivity contribution is 0.460. The lowest BCUT2D eigenvalue weighted by atomic mass is 10.0. The fourth-order valence-electron chi connectivity index (χ4n) is 2.11. The number of hydrogen-bond acceptors (Lipinski definition) is 2. The van der Waals surface area contributed by atoms with Crippen molar-refractivity contribution < 1.29 is 0 Å². The number of thioether (sulfide) groups is 1. The standard InChI is InChI=1S/C17H29NS/c1-13(2)6-8-16(5)18-10-11-19-17-9-7-14(3)12-15(17)4/h7,9,12-13,16,18H,6,8,10-11H2,1-5H3. The highest BCUT2D eigenvalue weighted by Crippen LogP contribution is 2.22. The summed E-state index contributed by atoms with van der Waals surface area (Å²) in [5.41, 5.74) is 2.75. The number of benzene rings is 1. The van der Waals surface area contributed by atoms with Crippen LogP contribution in [0.2, 0.25) is 0 Å². The maximum atomic E-state index is 3.62. The van der Waals surface area contributed by atoms with Gasteiger partial charge in [0, 0.05) is 23.2 Å². The maximum absolute atomic E-state index is 3.62. The Hall–Kier alpha value is -0.470. The summed E-state index contributed by atoms with van der Waals surface area (Å²) >= 11 is 1.96. The Morgan fingerprint density at radius 1 is 1.11 bits per heavy atom. The molecule has 0 aliphatic heterocycles. The smallest absolute Gasteiger partial charge is 0.0106 e. The zero-order valence-corrected chi connectivity index (χ0v) is 13.9. The zero-order valence-electron chi connectivity index (χ0n) is 13.1. The molecule has 0 heterocycles. The first-order chi connectivity index (χ1) is 8.99. The summed E-state index contributed by atoms with van der Waals surface area (Å²) in [5.74, 6) is 1.96. The van der Waals surface area contributed by atoms with E-state index in [0.717, 1.165) is 18.2 Å². The highest BCUT2D eigenvalue weighted by atomic mass is 32.2. The molecule has 2 heteroatoms. The summed E-state index contributed by atoms with van der Waals surface area (Å²) in [6.45, 7) is 12.3. The lowest BCUT2D eigenvalue weighted by Crippen LogP contribution is -2.28. The number of rotatable bonds is 8. The summed E-state index contributed by atoms with van der Waals surface area (Å²) in [6, 6.07) is 7.36. The molecule has 1 aromatic carbocycles. The first-order valence-electron chi connectivity index (χ1n) is 7.42. The Morgan fingerprint density at radius 2 is 1.84 bits per heavy atom. The van der Waals surface area contributed by atoms with Gasteiger partial charge in [0.1, 0.15) is 0 Å². The molecular weight excluding hydrogens is 250 g/mol. The van der Waals surface area contributed by atoms with Crippen LogP contribution < -0.4 is 5.32 Å². The molecule has 0 bridgehead atoms. The molecule has 108 valence electrons. The number of hydrogen-bond donors (Lipinski definition) is 1. The molecule has 1 aromatic rings. The fraction of sp³-hybridized carbons (Fsp3) is 0.647. The van der Waals surface area contributed by atoms with Crippen molar-refractivity contribution in [3.05, 3.63) is 29.3 Å². The van der Waals surface area contributed by atoms with Crippen molar-refractivity contribution in [2.45, 2.75) is 58.4 Å². The molecule has 0 radical (unpaired) electrons. The van der Waals surface area contributed by atoms with Crippen LogP contribution in [0, 0.1) is 19.8 Å². The Kier molecular flexibility index (Phi) is 7.55. The van der Waals surface area contributed by atoms with Crippen molar-refractivity contribution >= 4 is 11.8 Å². The molecule has 1 atom stereocenters. The summed E-state index contributed by atoms with van der Waals surface area (Å²) in [5, 5.41) is 3.62. The van der Waals surface area contributed by atoms with E-state index < -0.39 is 0 Å². The van der Waals surface area contributed by atoms with Gasteiger partial charge >= 0.3 is 0 Å². The average molecular weight is 279 g/mol. The van der Waals surface area contributed by atoms with Crippen molar-refractivity contribution in [3.63, 3.8) is 0 Å². The lowest BCUT2D eigenvalue weighted by Gasteiger charge is -2.15. The van der Waals surface area contributed by atoms with Crippen LogP contribution in [0.1, 0.15) is 44.7 Å². The largest absolute Gasteiger partial charge is 0.313 e. The van der Waals surface area contributed by atoms with Crippen molar-refractivity contribution in [3.8, 4) is 0 Å². The topological polar surface area (TPSA) is 12.0 Å². The van der Waals surface area contributed by atoms with Crippen LogP contribution in [0.4, 0.5) is 0 Å². The van der Waals surface area contributed by atoms with Crippen molar-refractivity contribution in [2.24, 2.45) is 5.92 Å². The minimum Gasteiger partial charge on any atom is -0.313 e. The molecule has 1 rings (SSSR count). The molecular formula is C17H29NS. The van der Waals surface area contributed by atoms with E-state index in [2.05, 4.69) is 58.1 Å². The van der Waals surface area contributed by atoms with Gasteiger partial charge < -0.3 is 5.32 Å². The Morgan fingerprint density at radius 3 is 2.47 bits per heavy atom. The minimum atomic E-state index is 0.641. The second kappa shape index (κ2) is 8.65. The van der Waals surface area contributed by atoms with Crippen LogP contribution in [0.25, 0.3) is 0 Å². The summed E-state index contributed by atoms with van der Waals surface area (Å²) in [7, 11) is 0. The first-order valence-corrected chi connectivity index (χ1v) is 8.41. The molecule has 0 aliphatic rings. The predicted octanol–water partition coefficient (Wildman–Crippen LogP) is 4.81. The molecule has 0 aromatic heterocycles. The van der Waals surface area contributed by atoms with Crippen molar-refractivity contribution in [1.29, 1.82) is 0 Å². The Bertz CT molecular complexity index is 374. The molecule has 1 nitrogen and oxygen atoms in total. The number of aryl methyl sites for hydroxylation is 2. The molecule has 1 unspecified atom stereocenters. The van der Waals surface area contributed by atoms with Gasteiger partial charge in [0.25, 0.3) is 0 Å². The summed E-state index contributed by atoms with van der Waals surface area (Å²) in [4.78, 5) is 1.42. The maximum Gasteiger partial charge on any atom is 0.0106 e. The number of nitrogens with one attached hydrogen (secondary N) is 1. The fourth-order valence-corrected chi connectivity index (χ4v) is 3.00. The van der Waals surface area contributed by atoms with Gasteiger partial charge in [-0.2, -0.15) is 0 Å². The predicted molar refractivity (Wildman–Crippen MR) is 88.2 cm³/mol. The second-order valence-corrected chi connectivity index (χ2v) is 7.08. The van der Waals surface area contributed by atoms with E-state index in [1.807, 2.05) is 11.8 Å². The normalized spacial score (nSPS) is 12.9. The molecule has 19 heavy (non-hydrogen) atoms. The Labute approximate surface area is 123 Å². The highest BCUT2D eigenvalue weighted by molar-refractivity contribution is 7.99. The van der Waals surface area contributed by atoms with Crippen molar-refractivity contribution in [2.75, 3.05) is 12.3 Å². The second-order valence-electron chi connectivity index (χ2n) is 5.94. The van der Waals surface area contributed by atoms with Gasteiger partial charge in [-0.3, -0.25) is 0 Å². The van der Waals surface area contributed by atoms with Gasteiger partial charge in [0.05, 0.1) is 0 Å². The van der Waals surface area contributed by atoms with Gasteiger partial charge in [-0.25, -0.2) is 0 Å². The third-order valence-corrected chi connectivity index (χ3v) is 4.54. The van der Waals surface area contributed by atoms with Gasteiger partial charge in [-0.05, 0) is 51.2 Å². The molecule has 0 spiro atoms. The SMILES string of the molecule is Cc1ccc(SCCNC(C)CCC(C)C)c(C)c1. The van der Waals surface area contributed by atoms with E-state index in [9.17, 15) is 0 Å². The summed E-state index contributed by atoms with van der Waals surface area (Å²) < 4.78 is 0. The van der Waals surface area contributed by atoms with Gasteiger partial charge in [0.15, 0.2) is 0 Å². The van der Waals surface area contributed by atoms with Crippen LogP contribution >= 0.6 is 11.8 Å². The van der Waals surface area contributed by atoms with E-state index in [1.54, 1.807) is 0 Å². The van der Waals surface area contributed by atoms with E-state index in [4.69, 9.17) is 0 Å². The zero-order chi connectivity index (χ0) is 14.3. The Balaban J connectivity index is 2.20. The minimum absolute atomic E-state index is 0.641. The van der Waals surface area contributed by atoms with E-state index >= 15 is 0 Å². The van der Waals surface area contributed by atoms with Gasteiger partial charge in [0.2, 0.25) is 0 Å².